The monoisotopic (exact) mass is 373 g/mol. The van der Waals surface area contributed by atoms with E-state index in [1.807, 2.05) is 0 Å². The highest BCUT2D eigenvalue weighted by atomic mass is 19.2. The average Bonchev–Trinajstić information content (AvgIpc) is 2.69. The van der Waals surface area contributed by atoms with Gasteiger partial charge in [0.1, 0.15) is 11.6 Å². The molecule has 0 aliphatic rings. The SMILES string of the molecule is COc1cccc(NC(=O)c2ccnc(Nc3ccc(F)c(F)c3F)c2)c1. The minimum atomic E-state index is -1.59. The average molecular weight is 373 g/mol. The van der Waals surface area contributed by atoms with Gasteiger partial charge in [-0.05, 0) is 36.4 Å². The molecule has 2 N–H and O–H groups in total. The van der Waals surface area contributed by atoms with Crippen LogP contribution >= 0.6 is 0 Å². The molecule has 0 spiro atoms. The molecular formula is C19H14F3N3O2. The van der Waals surface area contributed by atoms with Crippen LogP contribution in [0, 0.1) is 17.5 Å². The number of aromatic nitrogens is 1. The zero-order chi connectivity index (χ0) is 19.4. The van der Waals surface area contributed by atoms with Crippen LogP contribution in [-0.2, 0) is 0 Å². The van der Waals surface area contributed by atoms with E-state index >= 15 is 0 Å². The van der Waals surface area contributed by atoms with Gasteiger partial charge in [-0.3, -0.25) is 4.79 Å². The smallest absolute Gasteiger partial charge is 0.255 e. The van der Waals surface area contributed by atoms with Gasteiger partial charge in [0.15, 0.2) is 17.5 Å². The molecule has 0 atom stereocenters. The van der Waals surface area contributed by atoms with Crippen molar-refractivity contribution in [3.8, 4) is 5.75 Å². The minimum Gasteiger partial charge on any atom is -0.497 e. The maximum Gasteiger partial charge on any atom is 0.255 e. The van der Waals surface area contributed by atoms with Gasteiger partial charge in [0.05, 0.1) is 12.8 Å². The molecule has 0 saturated carbocycles. The highest BCUT2D eigenvalue weighted by Gasteiger charge is 2.14. The molecule has 0 aliphatic heterocycles. The first-order valence-corrected chi connectivity index (χ1v) is 7.80. The van der Waals surface area contributed by atoms with Crippen molar-refractivity contribution in [2.75, 3.05) is 17.7 Å². The van der Waals surface area contributed by atoms with Gasteiger partial charge in [-0.15, -0.1) is 0 Å². The van der Waals surface area contributed by atoms with Gasteiger partial charge >= 0.3 is 0 Å². The second-order valence-electron chi connectivity index (χ2n) is 5.46. The Bertz CT molecular complexity index is 996. The van der Waals surface area contributed by atoms with Crippen LogP contribution in [0.3, 0.4) is 0 Å². The molecule has 1 aromatic heterocycles. The van der Waals surface area contributed by atoms with Crippen LogP contribution < -0.4 is 15.4 Å². The molecule has 0 bridgehead atoms. The van der Waals surface area contributed by atoms with Crippen molar-refractivity contribution >= 4 is 23.1 Å². The van der Waals surface area contributed by atoms with E-state index in [1.165, 1.54) is 25.4 Å². The quantitative estimate of drug-likeness (QED) is 0.647. The topological polar surface area (TPSA) is 63.2 Å². The number of hydrogen-bond acceptors (Lipinski definition) is 4. The van der Waals surface area contributed by atoms with Crippen LogP contribution in [0.2, 0.25) is 0 Å². The number of nitrogens with one attached hydrogen (secondary N) is 2. The molecule has 8 heteroatoms. The number of methoxy groups -OCH3 is 1. The summed E-state index contributed by atoms with van der Waals surface area (Å²) < 4.78 is 45.2. The van der Waals surface area contributed by atoms with E-state index in [0.717, 1.165) is 12.1 Å². The molecule has 0 unspecified atom stereocenters. The third-order valence-electron chi connectivity index (χ3n) is 3.65. The third kappa shape index (κ3) is 4.17. The van der Waals surface area contributed by atoms with E-state index in [9.17, 15) is 18.0 Å². The summed E-state index contributed by atoms with van der Waals surface area (Å²) >= 11 is 0. The molecule has 0 aliphatic carbocycles. The molecular weight excluding hydrogens is 359 g/mol. The number of hydrogen-bond donors (Lipinski definition) is 2. The lowest BCUT2D eigenvalue weighted by Crippen LogP contribution is -2.12. The van der Waals surface area contributed by atoms with Gasteiger partial charge in [-0.25, -0.2) is 18.2 Å². The fourth-order valence-electron chi connectivity index (χ4n) is 2.30. The number of carbonyl (C=O) groups excluding carboxylic acids is 1. The first-order chi connectivity index (χ1) is 13.0. The van der Waals surface area contributed by atoms with Crippen LogP contribution in [0.5, 0.6) is 5.75 Å². The van der Waals surface area contributed by atoms with Gasteiger partial charge in [0, 0.05) is 23.5 Å². The van der Waals surface area contributed by atoms with Crippen molar-refractivity contribution in [2.45, 2.75) is 0 Å². The Morgan fingerprint density at radius 2 is 1.85 bits per heavy atom. The Kier molecular flexibility index (Phi) is 5.25. The van der Waals surface area contributed by atoms with E-state index in [2.05, 4.69) is 15.6 Å². The third-order valence-corrected chi connectivity index (χ3v) is 3.65. The second-order valence-corrected chi connectivity index (χ2v) is 5.46. The number of amides is 1. The molecule has 1 amide bonds. The Morgan fingerprint density at radius 1 is 1.04 bits per heavy atom. The highest BCUT2D eigenvalue weighted by molar-refractivity contribution is 6.04. The summed E-state index contributed by atoms with van der Waals surface area (Å²) in [5.41, 5.74) is 0.461. The molecule has 0 radical (unpaired) electrons. The summed E-state index contributed by atoms with van der Waals surface area (Å²) in [6, 6.07) is 11.4. The van der Waals surface area contributed by atoms with Gasteiger partial charge in [-0.1, -0.05) is 6.07 Å². The predicted molar refractivity (Wildman–Crippen MR) is 94.8 cm³/mol. The number of nitrogens with zero attached hydrogens (tertiary/aromatic N) is 1. The van der Waals surface area contributed by atoms with Gasteiger partial charge in [0.2, 0.25) is 0 Å². The van der Waals surface area contributed by atoms with Crippen molar-refractivity contribution in [3.05, 3.63) is 77.7 Å². The Morgan fingerprint density at radius 3 is 2.63 bits per heavy atom. The van der Waals surface area contributed by atoms with E-state index in [-0.39, 0.29) is 17.1 Å². The molecule has 3 aromatic rings. The molecule has 0 fully saturated rings. The summed E-state index contributed by atoms with van der Waals surface area (Å²) in [4.78, 5) is 16.3. The van der Waals surface area contributed by atoms with E-state index in [4.69, 9.17) is 4.74 Å². The van der Waals surface area contributed by atoms with Crippen LogP contribution in [0.1, 0.15) is 10.4 Å². The summed E-state index contributed by atoms with van der Waals surface area (Å²) in [6.45, 7) is 0. The van der Waals surface area contributed by atoms with E-state index < -0.39 is 23.4 Å². The van der Waals surface area contributed by atoms with Crippen LogP contribution in [0.15, 0.2) is 54.7 Å². The first-order valence-electron chi connectivity index (χ1n) is 7.80. The number of ether oxygens (including phenoxy) is 1. The number of rotatable bonds is 5. The summed E-state index contributed by atoms with van der Waals surface area (Å²) in [6.07, 6.45) is 1.33. The van der Waals surface area contributed by atoms with Gasteiger partial charge < -0.3 is 15.4 Å². The summed E-state index contributed by atoms with van der Waals surface area (Å²) in [5, 5.41) is 5.22. The highest BCUT2D eigenvalue weighted by Crippen LogP contribution is 2.23. The molecule has 27 heavy (non-hydrogen) atoms. The number of halogens is 3. The number of benzene rings is 2. The van der Waals surface area contributed by atoms with Crippen molar-refractivity contribution in [2.24, 2.45) is 0 Å². The zero-order valence-electron chi connectivity index (χ0n) is 14.1. The first kappa shape index (κ1) is 18.2. The van der Waals surface area contributed by atoms with Gasteiger partial charge in [0.25, 0.3) is 5.91 Å². The van der Waals surface area contributed by atoms with Crippen molar-refractivity contribution in [1.82, 2.24) is 4.98 Å². The van der Waals surface area contributed by atoms with E-state index in [1.54, 1.807) is 24.3 Å². The minimum absolute atomic E-state index is 0.0956. The van der Waals surface area contributed by atoms with Crippen LogP contribution in [0.25, 0.3) is 0 Å². The van der Waals surface area contributed by atoms with Gasteiger partial charge in [-0.2, -0.15) is 0 Å². The number of anilines is 3. The van der Waals surface area contributed by atoms with E-state index in [0.29, 0.717) is 11.4 Å². The zero-order valence-corrected chi connectivity index (χ0v) is 14.1. The normalized spacial score (nSPS) is 10.4. The van der Waals surface area contributed by atoms with Crippen molar-refractivity contribution in [3.63, 3.8) is 0 Å². The molecule has 1 heterocycles. The predicted octanol–water partition coefficient (Wildman–Crippen LogP) is 4.50. The largest absolute Gasteiger partial charge is 0.497 e. The van der Waals surface area contributed by atoms with Crippen molar-refractivity contribution < 1.29 is 22.7 Å². The Labute approximate surface area is 152 Å². The van der Waals surface area contributed by atoms with Crippen LogP contribution in [-0.4, -0.2) is 18.0 Å². The fraction of sp³-hybridized carbons (Fsp3) is 0.0526. The Balaban J connectivity index is 1.79. The summed E-state index contributed by atoms with van der Waals surface area (Å²) in [5.74, 6) is -4.01. The van der Waals surface area contributed by atoms with Crippen LogP contribution in [0.4, 0.5) is 30.4 Å². The van der Waals surface area contributed by atoms with Crippen molar-refractivity contribution in [1.29, 1.82) is 0 Å². The lowest BCUT2D eigenvalue weighted by atomic mass is 10.2. The fourth-order valence-corrected chi connectivity index (χ4v) is 2.30. The molecule has 0 saturated heterocycles. The maximum atomic E-state index is 13.8. The molecule has 2 aromatic carbocycles. The summed E-state index contributed by atoms with van der Waals surface area (Å²) in [7, 11) is 1.51. The standard InChI is InChI=1S/C19H14F3N3O2/c1-27-13-4-2-3-12(10-13)24-19(26)11-7-8-23-16(9-11)25-15-6-5-14(20)17(21)18(15)22/h2-10H,1H3,(H,23,25)(H,24,26). The lowest BCUT2D eigenvalue weighted by molar-refractivity contribution is 0.102. The number of carbonyl (C=O) groups is 1. The number of pyridine rings is 1. The molecule has 3 rings (SSSR count). The lowest BCUT2D eigenvalue weighted by Gasteiger charge is -2.10. The second kappa shape index (κ2) is 7.77. The molecule has 5 nitrogen and oxygen atoms in total. The Hall–Kier alpha value is -3.55. The maximum absolute atomic E-state index is 13.8. The molecule has 138 valence electrons.